The maximum absolute atomic E-state index is 3.95. The molecule has 0 aliphatic heterocycles. The number of hydrogen-bond acceptors (Lipinski definition) is 3. The molecule has 4 nitrogen and oxygen atoms in total. The van der Waals surface area contributed by atoms with Crippen molar-refractivity contribution in [3.8, 4) is 0 Å². The number of aryl methyl sites for hydroxylation is 1. The standard InChI is InChI=1S/C7H8N4/c1-6-7(11-4-8-2)3-9-5-10-6/h3-5H,2H2,1H3. The lowest BCUT2D eigenvalue weighted by Crippen LogP contribution is -1.82. The fraction of sp³-hybridized carbons (Fsp3) is 0.143. The summed E-state index contributed by atoms with van der Waals surface area (Å²) in [5, 5.41) is 0. The van der Waals surface area contributed by atoms with Crippen molar-refractivity contribution in [2.75, 3.05) is 0 Å². The van der Waals surface area contributed by atoms with Crippen molar-refractivity contribution in [1.29, 1.82) is 0 Å². The SMILES string of the molecule is C=NC=Nc1cncnc1C. The molecule has 0 atom stereocenters. The highest BCUT2D eigenvalue weighted by Gasteiger charge is 1.92. The Bertz CT molecular complexity index is 280. The maximum Gasteiger partial charge on any atom is 0.115 e. The van der Waals surface area contributed by atoms with Crippen LogP contribution in [-0.4, -0.2) is 23.0 Å². The van der Waals surface area contributed by atoms with Crippen LogP contribution in [0.2, 0.25) is 0 Å². The molecule has 1 heterocycles. The van der Waals surface area contributed by atoms with Crippen LogP contribution in [0.25, 0.3) is 0 Å². The molecule has 4 heteroatoms. The smallest absolute Gasteiger partial charge is 0.115 e. The molecule has 11 heavy (non-hydrogen) atoms. The van der Waals surface area contributed by atoms with Gasteiger partial charge in [-0.15, -0.1) is 0 Å². The minimum atomic E-state index is 0.722. The van der Waals surface area contributed by atoms with Gasteiger partial charge in [-0.2, -0.15) is 0 Å². The molecular weight excluding hydrogens is 140 g/mol. The Morgan fingerprint density at radius 3 is 3.09 bits per heavy atom. The summed E-state index contributed by atoms with van der Waals surface area (Å²) in [5.41, 5.74) is 1.56. The van der Waals surface area contributed by atoms with Gasteiger partial charge in [0.25, 0.3) is 0 Å². The van der Waals surface area contributed by atoms with Crippen molar-refractivity contribution < 1.29 is 0 Å². The molecule has 0 amide bonds. The lowest BCUT2D eigenvalue weighted by molar-refractivity contribution is 1.09. The molecule has 1 aromatic heterocycles. The second-order valence-electron chi connectivity index (χ2n) is 1.92. The average Bonchev–Trinajstić information content (AvgIpc) is 2.03. The van der Waals surface area contributed by atoms with Crippen LogP contribution in [0.5, 0.6) is 0 Å². The first kappa shape index (κ1) is 7.53. The lowest BCUT2D eigenvalue weighted by Gasteiger charge is -1.93. The molecule has 1 rings (SSSR count). The Labute approximate surface area is 64.8 Å². The van der Waals surface area contributed by atoms with Crippen molar-refractivity contribution in [2.45, 2.75) is 6.92 Å². The van der Waals surface area contributed by atoms with Gasteiger partial charge >= 0.3 is 0 Å². The van der Waals surface area contributed by atoms with E-state index in [0.717, 1.165) is 11.4 Å². The van der Waals surface area contributed by atoms with Gasteiger partial charge in [-0.3, -0.25) is 4.99 Å². The van der Waals surface area contributed by atoms with Crippen molar-refractivity contribution in [3.05, 3.63) is 18.2 Å². The molecule has 1 aromatic rings. The molecule has 0 radical (unpaired) electrons. The predicted molar refractivity (Wildman–Crippen MR) is 44.5 cm³/mol. The van der Waals surface area contributed by atoms with Crippen molar-refractivity contribution in [3.63, 3.8) is 0 Å². The summed E-state index contributed by atoms with van der Waals surface area (Å²) in [6, 6.07) is 0. The van der Waals surface area contributed by atoms with Gasteiger partial charge in [0, 0.05) is 0 Å². The van der Waals surface area contributed by atoms with E-state index in [-0.39, 0.29) is 0 Å². The van der Waals surface area contributed by atoms with Crippen LogP contribution in [0.4, 0.5) is 5.69 Å². The van der Waals surface area contributed by atoms with Crippen molar-refractivity contribution >= 4 is 18.7 Å². The molecule has 0 saturated carbocycles. The number of nitrogens with zero attached hydrogens (tertiary/aromatic N) is 4. The van der Waals surface area contributed by atoms with Crippen LogP contribution in [0.15, 0.2) is 22.5 Å². The highest BCUT2D eigenvalue weighted by molar-refractivity contribution is 5.66. The fourth-order valence-electron chi connectivity index (χ4n) is 0.613. The molecule has 0 aromatic carbocycles. The minimum Gasteiger partial charge on any atom is -0.253 e. The van der Waals surface area contributed by atoms with Crippen LogP contribution in [0, 0.1) is 6.92 Å². The van der Waals surface area contributed by atoms with Crippen LogP contribution >= 0.6 is 0 Å². The van der Waals surface area contributed by atoms with E-state index in [2.05, 4.69) is 26.7 Å². The molecule has 0 saturated heterocycles. The molecule has 0 unspecified atom stereocenters. The zero-order chi connectivity index (χ0) is 8.10. The zero-order valence-corrected chi connectivity index (χ0v) is 6.23. The second kappa shape index (κ2) is 3.55. The van der Waals surface area contributed by atoms with E-state index in [1.807, 2.05) is 6.92 Å². The van der Waals surface area contributed by atoms with Crippen LogP contribution in [0.1, 0.15) is 5.69 Å². The van der Waals surface area contributed by atoms with E-state index in [0.29, 0.717) is 0 Å². The fourth-order valence-corrected chi connectivity index (χ4v) is 0.613. The lowest BCUT2D eigenvalue weighted by atomic mass is 10.4. The largest absolute Gasteiger partial charge is 0.253 e. The van der Waals surface area contributed by atoms with E-state index in [1.54, 1.807) is 6.20 Å². The Hall–Kier alpha value is -1.58. The monoisotopic (exact) mass is 148 g/mol. The van der Waals surface area contributed by atoms with E-state index < -0.39 is 0 Å². The average molecular weight is 148 g/mol. The summed E-state index contributed by atoms with van der Waals surface area (Å²) < 4.78 is 0. The summed E-state index contributed by atoms with van der Waals surface area (Å²) in [4.78, 5) is 15.2. The Balaban J connectivity index is 2.94. The maximum atomic E-state index is 3.95. The first-order valence-corrected chi connectivity index (χ1v) is 3.09. The Kier molecular flexibility index (Phi) is 2.43. The van der Waals surface area contributed by atoms with Gasteiger partial charge in [-0.1, -0.05) is 0 Å². The van der Waals surface area contributed by atoms with Crippen molar-refractivity contribution in [1.82, 2.24) is 9.97 Å². The summed E-state index contributed by atoms with van der Waals surface area (Å²) in [6.45, 7) is 5.12. The van der Waals surface area contributed by atoms with E-state index >= 15 is 0 Å². The molecule has 0 bridgehead atoms. The van der Waals surface area contributed by atoms with E-state index in [4.69, 9.17) is 0 Å². The molecule has 0 aliphatic rings. The third kappa shape index (κ3) is 1.93. The van der Waals surface area contributed by atoms with Gasteiger partial charge in [0.1, 0.15) is 18.4 Å². The van der Waals surface area contributed by atoms with Crippen LogP contribution < -0.4 is 0 Å². The first-order valence-electron chi connectivity index (χ1n) is 3.09. The van der Waals surface area contributed by atoms with Crippen LogP contribution in [-0.2, 0) is 0 Å². The second-order valence-corrected chi connectivity index (χ2v) is 1.92. The van der Waals surface area contributed by atoms with E-state index in [1.165, 1.54) is 12.7 Å². The molecule has 56 valence electrons. The molecular formula is C7H8N4. The molecule has 0 fully saturated rings. The highest BCUT2D eigenvalue weighted by atomic mass is 14.9. The normalized spacial score (nSPS) is 10.3. The number of hydrogen-bond donors (Lipinski definition) is 0. The summed E-state index contributed by atoms with van der Waals surface area (Å²) >= 11 is 0. The predicted octanol–water partition coefficient (Wildman–Crippen LogP) is 1.15. The Morgan fingerprint density at radius 2 is 2.45 bits per heavy atom. The van der Waals surface area contributed by atoms with Gasteiger partial charge in [-0.05, 0) is 13.6 Å². The highest BCUT2D eigenvalue weighted by Crippen LogP contribution is 2.11. The van der Waals surface area contributed by atoms with Gasteiger partial charge in [0.15, 0.2) is 0 Å². The zero-order valence-electron chi connectivity index (χ0n) is 6.23. The molecule has 0 aliphatic carbocycles. The number of aliphatic imine (C=N–C) groups is 2. The van der Waals surface area contributed by atoms with Gasteiger partial charge < -0.3 is 0 Å². The quantitative estimate of drug-likeness (QED) is 0.466. The molecule has 0 spiro atoms. The third-order valence-electron chi connectivity index (χ3n) is 1.16. The van der Waals surface area contributed by atoms with Gasteiger partial charge in [-0.25, -0.2) is 15.0 Å². The molecule has 0 N–H and O–H groups in total. The third-order valence-corrected chi connectivity index (χ3v) is 1.16. The van der Waals surface area contributed by atoms with E-state index in [9.17, 15) is 0 Å². The number of rotatable bonds is 2. The summed E-state index contributed by atoms with van der Waals surface area (Å²) in [7, 11) is 0. The number of aromatic nitrogens is 2. The topological polar surface area (TPSA) is 50.5 Å². The van der Waals surface area contributed by atoms with Crippen molar-refractivity contribution in [2.24, 2.45) is 9.98 Å². The van der Waals surface area contributed by atoms with Gasteiger partial charge in [0.05, 0.1) is 11.9 Å². The van der Waals surface area contributed by atoms with Crippen LogP contribution in [0.3, 0.4) is 0 Å². The summed E-state index contributed by atoms with van der Waals surface area (Å²) in [5.74, 6) is 0. The van der Waals surface area contributed by atoms with Gasteiger partial charge in [0.2, 0.25) is 0 Å². The Morgan fingerprint density at radius 1 is 1.64 bits per heavy atom. The minimum absolute atomic E-state index is 0.722. The summed E-state index contributed by atoms with van der Waals surface area (Å²) in [6.07, 6.45) is 4.48. The first-order chi connectivity index (χ1) is 5.34.